The molecule has 0 amide bonds. The van der Waals surface area contributed by atoms with E-state index in [9.17, 15) is 0 Å². The SMILES string of the molecule is CC(C)(C)CCCNC12CC3CC(CC(C3)C1)C2. The van der Waals surface area contributed by atoms with Crippen LogP contribution in [0, 0.1) is 23.2 Å². The summed E-state index contributed by atoms with van der Waals surface area (Å²) in [5.41, 5.74) is 1.08. The second-order valence-corrected chi connectivity index (χ2v) is 8.79. The van der Waals surface area contributed by atoms with Crippen LogP contribution in [0.5, 0.6) is 0 Å². The van der Waals surface area contributed by atoms with E-state index >= 15 is 0 Å². The summed E-state index contributed by atoms with van der Waals surface area (Å²) in [6, 6.07) is 0. The molecular weight excluding hydrogens is 218 g/mol. The van der Waals surface area contributed by atoms with Gasteiger partial charge in [0.25, 0.3) is 0 Å². The van der Waals surface area contributed by atoms with Crippen molar-refractivity contribution in [1.29, 1.82) is 0 Å². The van der Waals surface area contributed by atoms with E-state index in [-0.39, 0.29) is 0 Å². The van der Waals surface area contributed by atoms with Crippen LogP contribution in [0.15, 0.2) is 0 Å². The van der Waals surface area contributed by atoms with Crippen LogP contribution in [0.2, 0.25) is 0 Å². The largest absolute Gasteiger partial charge is 0.311 e. The fraction of sp³-hybridized carbons (Fsp3) is 1.00. The zero-order valence-corrected chi connectivity index (χ0v) is 12.6. The molecule has 104 valence electrons. The molecule has 0 atom stereocenters. The first-order chi connectivity index (χ1) is 8.44. The molecule has 0 spiro atoms. The Bertz CT molecular complexity index is 264. The third-order valence-corrected chi connectivity index (χ3v) is 5.64. The summed E-state index contributed by atoms with van der Waals surface area (Å²) in [5.74, 6) is 3.23. The fourth-order valence-electron chi connectivity index (χ4n) is 5.30. The summed E-state index contributed by atoms with van der Waals surface area (Å²) in [5, 5.41) is 4.00. The average molecular weight is 249 g/mol. The van der Waals surface area contributed by atoms with Crippen molar-refractivity contribution in [3.05, 3.63) is 0 Å². The first-order valence-corrected chi connectivity index (χ1v) is 8.19. The summed E-state index contributed by atoms with van der Waals surface area (Å²) in [4.78, 5) is 0. The van der Waals surface area contributed by atoms with Gasteiger partial charge in [-0.3, -0.25) is 0 Å². The molecule has 0 radical (unpaired) electrons. The Kier molecular flexibility index (Phi) is 3.25. The van der Waals surface area contributed by atoms with Crippen molar-refractivity contribution in [2.75, 3.05) is 6.54 Å². The van der Waals surface area contributed by atoms with E-state index in [2.05, 4.69) is 26.1 Å². The third kappa shape index (κ3) is 2.76. The lowest BCUT2D eigenvalue weighted by Crippen LogP contribution is -2.58. The Morgan fingerprint density at radius 2 is 1.44 bits per heavy atom. The summed E-state index contributed by atoms with van der Waals surface area (Å²) >= 11 is 0. The van der Waals surface area contributed by atoms with Crippen LogP contribution >= 0.6 is 0 Å². The minimum Gasteiger partial charge on any atom is -0.311 e. The van der Waals surface area contributed by atoms with Gasteiger partial charge in [0.2, 0.25) is 0 Å². The van der Waals surface area contributed by atoms with Gasteiger partial charge in [0.05, 0.1) is 0 Å². The van der Waals surface area contributed by atoms with E-state index in [1.807, 2.05) is 0 Å². The molecule has 4 aliphatic rings. The van der Waals surface area contributed by atoms with Crippen molar-refractivity contribution in [3.63, 3.8) is 0 Å². The first-order valence-electron chi connectivity index (χ1n) is 8.19. The second-order valence-electron chi connectivity index (χ2n) is 8.79. The van der Waals surface area contributed by atoms with Gasteiger partial charge in [0.15, 0.2) is 0 Å². The van der Waals surface area contributed by atoms with Crippen LogP contribution in [-0.4, -0.2) is 12.1 Å². The van der Waals surface area contributed by atoms with Gasteiger partial charge in [0.1, 0.15) is 0 Å². The smallest absolute Gasteiger partial charge is 0.0189 e. The Labute approximate surface area is 113 Å². The molecule has 0 heterocycles. The Balaban J connectivity index is 1.50. The van der Waals surface area contributed by atoms with E-state index in [4.69, 9.17) is 0 Å². The van der Waals surface area contributed by atoms with Gasteiger partial charge in [0, 0.05) is 5.54 Å². The highest BCUT2D eigenvalue weighted by Gasteiger charge is 2.50. The quantitative estimate of drug-likeness (QED) is 0.729. The molecule has 4 bridgehead atoms. The number of hydrogen-bond acceptors (Lipinski definition) is 1. The zero-order valence-electron chi connectivity index (χ0n) is 12.6. The standard InChI is InChI=1S/C17H31N/c1-16(2,3)5-4-6-18-17-10-13-7-14(11-17)9-15(8-13)12-17/h13-15,18H,4-12H2,1-3H3. The number of rotatable bonds is 4. The predicted octanol–water partition coefficient (Wildman–Crippen LogP) is 4.37. The molecule has 1 heteroatoms. The lowest BCUT2D eigenvalue weighted by atomic mass is 9.53. The van der Waals surface area contributed by atoms with E-state index in [0.29, 0.717) is 11.0 Å². The normalized spacial score (nSPS) is 42.5. The lowest BCUT2D eigenvalue weighted by molar-refractivity contribution is -0.0198. The Morgan fingerprint density at radius 3 is 1.89 bits per heavy atom. The Morgan fingerprint density at radius 1 is 0.944 bits per heavy atom. The highest BCUT2D eigenvalue weighted by atomic mass is 15.0. The molecule has 0 unspecified atom stereocenters. The van der Waals surface area contributed by atoms with Gasteiger partial charge in [-0.05, 0) is 81.1 Å². The van der Waals surface area contributed by atoms with Crippen LogP contribution < -0.4 is 5.32 Å². The molecule has 1 nitrogen and oxygen atoms in total. The average Bonchev–Trinajstić information content (AvgIpc) is 2.21. The minimum absolute atomic E-state index is 0.503. The maximum Gasteiger partial charge on any atom is 0.0189 e. The molecule has 1 N–H and O–H groups in total. The minimum atomic E-state index is 0.503. The molecule has 4 aliphatic carbocycles. The maximum atomic E-state index is 4.00. The van der Waals surface area contributed by atoms with Gasteiger partial charge in [-0.2, -0.15) is 0 Å². The van der Waals surface area contributed by atoms with Gasteiger partial charge in [-0.25, -0.2) is 0 Å². The van der Waals surface area contributed by atoms with Gasteiger partial charge in [-0.1, -0.05) is 20.8 Å². The van der Waals surface area contributed by atoms with Crippen molar-refractivity contribution in [1.82, 2.24) is 5.32 Å². The first kappa shape index (κ1) is 13.0. The molecule has 0 aromatic heterocycles. The summed E-state index contributed by atoms with van der Waals surface area (Å²) in [6.07, 6.45) is 11.9. The van der Waals surface area contributed by atoms with Crippen molar-refractivity contribution in [2.24, 2.45) is 23.2 Å². The summed E-state index contributed by atoms with van der Waals surface area (Å²) < 4.78 is 0. The van der Waals surface area contributed by atoms with Crippen molar-refractivity contribution < 1.29 is 0 Å². The van der Waals surface area contributed by atoms with Crippen molar-refractivity contribution >= 4 is 0 Å². The summed E-state index contributed by atoms with van der Waals surface area (Å²) in [6.45, 7) is 8.33. The van der Waals surface area contributed by atoms with Crippen molar-refractivity contribution in [3.8, 4) is 0 Å². The molecule has 0 aromatic rings. The second kappa shape index (κ2) is 4.51. The van der Waals surface area contributed by atoms with E-state index < -0.39 is 0 Å². The highest BCUT2D eigenvalue weighted by molar-refractivity contribution is 5.06. The van der Waals surface area contributed by atoms with Crippen molar-refractivity contribution in [2.45, 2.75) is 77.7 Å². The van der Waals surface area contributed by atoms with E-state index in [1.165, 1.54) is 38.6 Å². The lowest BCUT2D eigenvalue weighted by Gasteiger charge is -2.57. The van der Waals surface area contributed by atoms with Crippen LogP contribution in [0.1, 0.15) is 72.1 Å². The molecule has 0 saturated heterocycles. The third-order valence-electron chi connectivity index (χ3n) is 5.64. The summed E-state index contributed by atoms with van der Waals surface area (Å²) in [7, 11) is 0. The fourth-order valence-corrected chi connectivity index (χ4v) is 5.30. The van der Waals surface area contributed by atoms with Gasteiger partial charge >= 0.3 is 0 Å². The molecule has 4 fully saturated rings. The van der Waals surface area contributed by atoms with Crippen LogP contribution in [0.3, 0.4) is 0 Å². The predicted molar refractivity (Wildman–Crippen MR) is 77.6 cm³/mol. The monoisotopic (exact) mass is 249 g/mol. The van der Waals surface area contributed by atoms with Crippen LogP contribution in [0.4, 0.5) is 0 Å². The Hall–Kier alpha value is -0.0400. The number of hydrogen-bond donors (Lipinski definition) is 1. The van der Waals surface area contributed by atoms with Crippen LogP contribution in [0.25, 0.3) is 0 Å². The zero-order chi connectivity index (χ0) is 12.8. The molecule has 4 rings (SSSR count). The molecule has 0 aromatic carbocycles. The van der Waals surface area contributed by atoms with E-state index in [1.54, 1.807) is 19.3 Å². The maximum absolute atomic E-state index is 4.00. The van der Waals surface area contributed by atoms with Crippen LogP contribution in [-0.2, 0) is 0 Å². The molecular formula is C17H31N. The van der Waals surface area contributed by atoms with Gasteiger partial charge < -0.3 is 5.32 Å². The van der Waals surface area contributed by atoms with Gasteiger partial charge in [-0.15, -0.1) is 0 Å². The molecule has 18 heavy (non-hydrogen) atoms. The highest BCUT2D eigenvalue weighted by Crippen LogP contribution is 2.55. The van der Waals surface area contributed by atoms with E-state index in [0.717, 1.165) is 17.8 Å². The molecule has 4 saturated carbocycles. The topological polar surface area (TPSA) is 12.0 Å². The molecule has 0 aliphatic heterocycles. The number of nitrogens with one attached hydrogen (secondary N) is 1.